The molecule has 0 saturated heterocycles. The van der Waals surface area contributed by atoms with E-state index < -0.39 is 30.0 Å². The molecule has 0 heterocycles. The molecule has 3 atom stereocenters. The quantitative estimate of drug-likeness (QED) is 0.340. The summed E-state index contributed by atoms with van der Waals surface area (Å²) in [5.41, 5.74) is 2.70. The average molecular weight is 584 g/mol. The first-order valence-electron chi connectivity index (χ1n) is 13.9. The fraction of sp³-hybridized carbons (Fsp3) is 0.484. The molecule has 0 aromatic heterocycles. The molecule has 2 aromatic carbocycles. The minimum Gasteiger partial charge on any atom is -0.493 e. The maximum atomic E-state index is 13.5. The highest BCUT2D eigenvalue weighted by Crippen LogP contribution is 2.50. The number of hydrogen-bond donors (Lipinski definition) is 3. The van der Waals surface area contributed by atoms with Crippen molar-refractivity contribution in [2.45, 2.75) is 65.1 Å². The lowest BCUT2D eigenvalue weighted by molar-refractivity contribution is -0.145. The van der Waals surface area contributed by atoms with Gasteiger partial charge < -0.3 is 34.9 Å². The van der Waals surface area contributed by atoms with Crippen molar-refractivity contribution < 1.29 is 33.3 Å². The zero-order chi connectivity index (χ0) is 31.1. The van der Waals surface area contributed by atoms with E-state index in [4.69, 9.17) is 18.9 Å². The highest BCUT2D eigenvalue weighted by Gasteiger charge is 2.30. The van der Waals surface area contributed by atoms with Crippen LogP contribution in [0.1, 0.15) is 57.7 Å². The van der Waals surface area contributed by atoms with Crippen LogP contribution in [0.3, 0.4) is 0 Å². The van der Waals surface area contributed by atoms with Gasteiger partial charge in [-0.25, -0.2) is 4.79 Å². The molecule has 3 N–H and O–H groups in total. The summed E-state index contributed by atoms with van der Waals surface area (Å²) in [5.74, 6) is 0.263. The summed E-state index contributed by atoms with van der Waals surface area (Å²) < 4.78 is 21.8. The van der Waals surface area contributed by atoms with Crippen LogP contribution in [0, 0.1) is 5.92 Å². The van der Waals surface area contributed by atoms with Crippen molar-refractivity contribution in [3.05, 3.63) is 45.6 Å². The highest BCUT2D eigenvalue weighted by molar-refractivity contribution is 5.89. The topological polar surface area (TPSA) is 141 Å². The van der Waals surface area contributed by atoms with Gasteiger partial charge in [-0.3, -0.25) is 14.4 Å². The molecule has 3 rings (SSSR count). The van der Waals surface area contributed by atoms with Crippen LogP contribution < -0.4 is 35.6 Å². The van der Waals surface area contributed by atoms with Crippen molar-refractivity contribution in [3.8, 4) is 28.4 Å². The molecule has 0 bridgehead atoms. The van der Waals surface area contributed by atoms with Crippen LogP contribution in [0.5, 0.6) is 17.2 Å². The Balaban J connectivity index is 2.11. The summed E-state index contributed by atoms with van der Waals surface area (Å²) in [6.07, 6.45) is 1.50. The van der Waals surface area contributed by atoms with Crippen molar-refractivity contribution in [2.24, 2.45) is 5.92 Å². The molecule has 2 amide bonds. The summed E-state index contributed by atoms with van der Waals surface area (Å²) in [6, 6.07) is 4.61. The lowest BCUT2D eigenvalue weighted by Crippen LogP contribution is -2.48. The predicted octanol–water partition coefficient (Wildman–Crippen LogP) is 3.37. The minimum atomic E-state index is -0.850. The first-order valence-corrected chi connectivity index (χ1v) is 13.9. The van der Waals surface area contributed by atoms with Crippen molar-refractivity contribution in [1.82, 2.24) is 10.6 Å². The van der Waals surface area contributed by atoms with E-state index >= 15 is 0 Å². The van der Waals surface area contributed by atoms with E-state index in [1.165, 1.54) is 34.3 Å². The van der Waals surface area contributed by atoms with Crippen molar-refractivity contribution in [3.63, 3.8) is 0 Å². The normalized spacial score (nSPS) is 15.2. The predicted molar refractivity (Wildman–Crippen MR) is 159 cm³/mol. The molecule has 1 aliphatic rings. The molecule has 0 fully saturated rings. The Morgan fingerprint density at radius 1 is 0.976 bits per heavy atom. The molecule has 2 aromatic rings. The maximum Gasteiger partial charge on any atom is 0.328 e. The zero-order valence-corrected chi connectivity index (χ0v) is 25.5. The fourth-order valence-electron chi connectivity index (χ4n) is 5.25. The summed E-state index contributed by atoms with van der Waals surface area (Å²) in [6.45, 7) is 6.91. The van der Waals surface area contributed by atoms with Gasteiger partial charge in [0, 0.05) is 12.5 Å². The Hall–Kier alpha value is -4.28. The van der Waals surface area contributed by atoms with Gasteiger partial charge in [-0.1, -0.05) is 19.9 Å². The van der Waals surface area contributed by atoms with Gasteiger partial charge in [0.05, 0.1) is 40.2 Å². The van der Waals surface area contributed by atoms with Crippen LogP contribution in [-0.2, 0) is 25.5 Å². The van der Waals surface area contributed by atoms with Gasteiger partial charge in [-0.2, -0.15) is 0 Å². The molecule has 11 heteroatoms. The maximum absolute atomic E-state index is 13.5. The summed E-state index contributed by atoms with van der Waals surface area (Å²) in [4.78, 5) is 51.0. The summed E-state index contributed by atoms with van der Waals surface area (Å²) in [7, 11) is 5.87. The monoisotopic (exact) mass is 583 g/mol. The number of rotatable bonds is 11. The zero-order valence-electron chi connectivity index (χ0n) is 25.5. The molecule has 11 nitrogen and oxygen atoms in total. The van der Waals surface area contributed by atoms with Gasteiger partial charge in [0.25, 0.3) is 0 Å². The second-order valence-corrected chi connectivity index (χ2v) is 10.7. The number of anilines is 1. The Kier molecular flexibility index (Phi) is 10.8. The van der Waals surface area contributed by atoms with Crippen molar-refractivity contribution in [2.75, 3.05) is 33.8 Å². The van der Waals surface area contributed by atoms with Gasteiger partial charge in [0.1, 0.15) is 12.1 Å². The molecule has 1 aliphatic carbocycles. The summed E-state index contributed by atoms with van der Waals surface area (Å²) in [5, 5.41) is 8.69. The second-order valence-electron chi connectivity index (χ2n) is 10.7. The molecule has 3 unspecified atom stereocenters. The van der Waals surface area contributed by atoms with Crippen molar-refractivity contribution >= 4 is 23.5 Å². The molecular formula is C31H41N3O8. The smallest absolute Gasteiger partial charge is 0.328 e. The molecular weight excluding hydrogens is 542 g/mol. The highest BCUT2D eigenvalue weighted by atomic mass is 16.5. The first kappa shape index (κ1) is 32.2. The number of fused-ring (bicyclic) bond motifs is 3. The molecule has 0 aliphatic heterocycles. The average Bonchev–Trinajstić information content (AvgIpc) is 3.19. The van der Waals surface area contributed by atoms with Crippen LogP contribution in [0.2, 0.25) is 0 Å². The van der Waals surface area contributed by atoms with Crippen molar-refractivity contribution in [1.29, 1.82) is 0 Å². The number of amides is 2. The number of hydrogen-bond acceptors (Lipinski definition) is 9. The molecule has 42 heavy (non-hydrogen) atoms. The number of aryl methyl sites for hydroxylation is 1. The third kappa shape index (κ3) is 7.13. The Morgan fingerprint density at radius 3 is 2.24 bits per heavy atom. The van der Waals surface area contributed by atoms with E-state index in [1.54, 1.807) is 26.2 Å². The van der Waals surface area contributed by atoms with Crippen LogP contribution in [-0.4, -0.2) is 58.3 Å². The van der Waals surface area contributed by atoms with Gasteiger partial charge in [0.15, 0.2) is 11.5 Å². The van der Waals surface area contributed by atoms with E-state index in [-0.39, 0.29) is 22.9 Å². The Bertz CT molecular complexity index is 1390. The van der Waals surface area contributed by atoms with Gasteiger partial charge in [-0.05, 0) is 67.0 Å². The number of methoxy groups -OCH3 is 4. The van der Waals surface area contributed by atoms with E-state index in [0.717, 1.165) is 11.1 Å². The summed E-state index contributed by atoms with van der Waals surface area (Å²) >= 11 is 0. The van der Waals surface area contributed by atoms with Crippen LogP contribution in [0.25, 0.3) is 11.1 Å². The number of ether oxygens (including phenoxy) is 4. The second kappa shape index (κ2) is 14.1. The third-order valence-electron chi connectivity index (χ3n) is 7.19. The number of benzene rings is 1. The van der Waals surface area contributed by atoms with E-state index in [2.05, 4.69) is 16.0 Å². The van der Waals surface area contributed by atoms with Gasteiger partial charge in [0.2, 0.25) is 23.0 Å². The van der Waals surface area contributed by atoms with E-state index in [1.807, 2.05) is 19.9 Å². The number of nitrogens with one attached hydrogen (secondary N) is 3. The fourth-order valence-corrected chi connectivity index (χ4v) is 5.25. The molecule has 0 radical (unpaired) electrons. The van der Waals surface area contributed by atoms with Crippen LogP contribution >= 0.6 is 0 Å². The number of carbonyl (C=O) groups excluding carboxylic acids is 3. The van der Waals surface area contributed by atoms with Crippen LogP contribution in [0.15, 0.2) is 29.1 Å². The lowest BCUT2D eigenvalue weighted by atomic mass is 9.95. The first-order chi connectivity index (χ1) is 19.9. The number of esters is 1. The van der Waals surface area contributed by atoms with Gasteiger partial charge in [-0.15, -0.1) is 0 Å². The van der Waals surface area contributed by atoms with Gasteiger partial charge >= 0.3 is 5.97 Å². The molecule has 228 valence electrons. The standard InChI is InChI=1S/C31H41N3O8/c1-16(2)13-24(31(38)42-8)34-30(37)17(3)32-23-12-10-20-21(15-25(23)36)22(33-18(4)35)11-9-19-14-26(39-5)28(40-6)29(41-7)27(19)20/h10,12,14-17,22,24H,9,11,13H2,1-8H3,(H,32,36)(H,33,35)(H,34,37). The van der Waals surface area contributed by atoms with Crippen LogP contribution in [0.4, 0.5) is 5.69 Å². The SMILES string of the molecule is COC(=O)C(CC(C)C)NC(=O)C(C)Nc1ccc2c(cc1=O)C(NC(C)=O)CCc1cc(OC)c(OC)c(OC)c1-2. The third-order valence-corrected chi connectivity index (χ3v) is 7.19. The molecule has 0 saturated carbocycles. The van der Waals surface area contributed by atoms with E-state index in [0.29, 0.717) is 47.6 Å². The Labute approximate surface area is 246 Å². The van der Waals surface area contributed by atoms with E-state index in [9.17, 15) is 19.2 Å². The number of carbonyl (C=O) groups is 3. The lowest BCUT2D eigenvalue weighted by Gasteiger charge is -2.21. The molecule has 0 spiro atoms. The Morgan fingerprint density at radius 2 is 1.67 bits per heavy atom. The minimum absolute atomic E-state index is 0.143. The largest absolute Gasteiger partial charge is 0.493 e.